The molecule has 5 N–H and O–H groups in total. The number of benzene rings is 3. The second kappa shape index (κ2) is 10.5. The van der Waals surface area contributed by atoms with Crippen LogP contribution in [0.2, 0.25) is 0 Å². The van der Waals surface area contributed by atoms with Crippen molar-refractivity contribution < 1.29 is 29.6 Å². The smallest absolute Gasteiger partial charge is 0.238 e. The summed E-state index contributed by atoms with van der Waals surface area (Å²) in [4.78, 5) is 13.1. The van der Waals surface area contributed by atoms with Gasteiger partial charge in [0.05, 0.1) is 6.61 Å². The minimum Gasteiger partial charge on any atom is -0.508 e. The van der Waals surface area contributed by atoms with Crippen LogP contribution >= 0.6 is 0 Å². The predicted molar refractivity (Wildman–Crippen MR) is 132 cm³/mol. The van der Waals surface area contributed by atoms with Crippen LogP contribution in [0.25, 0.3) is 22.3 Å². The number of nitrogens with one attached hydrogen (secondary N) is 1. The molecule has 0 aliphatic rings. The van der Waals surface area contributed by atoms with Crippen molar-refractivity contribution >= 4 is 11.0 Å². The number of fused-ring (bicyclic) bond motifs is 1. The molecule has 0 atom stereocenters. The largest absolute Gasteiger partial charge is 0.508 e. The molecule has 0 saturated carbocycles. The fourth-order valence-electron chi connectivity index (χ4n) is 3.96. The van der Waals surface area contributed by atoms with Crippen LogP contribution in [0.1, 0.15) is 23.1 Å². The van der Waals surface area contributed by atoms with Gasteiger partial charge in [0, 0.05) is 43.7 Å². The second-order valence-corrected chi connectivity index (χ2v) is 8.22. The van der Waals surface area contributed by atoms with Gasteiger partial charge < -0.3 is 34.9 Å². The number of rotatable bonds is 9. The predicted octanol–water partition coefficient (Wildman–Crippen LogP) is 3.65. The standard InChI is InChI=1S/C27H27NO7/c1-28-15-17-5-2-4-16(10-17)11-19-12-18(6-7-21(19)31)27-26(33)25(32)24-22(34-9-3-8-29)13-20(30)14-23(24)35-27/h2,4-7,10,12-14,28-31,33H,3,8-9,11,15H2,1H3. The molecule has 8 nitrogen and oxygen atoms in total. The molecular weight excluding hydrogens is 450 g/mol. The molecular formula is C27H27NO7. The molecule has 182 valence electrons. The molecule has 0 amide bonds. The lowest BCUT2D eigenvalue weighted by Crippen LogP contribution is -2.07. The molecule has 8 heteroatoms. The van der Waals surface area contributed by atoms with Crippen molar-refractivity contribution in [2.24, 2.45) is 0 Å². The van der Waals surface area contributed by atoms with E-state index >= 15 is 0 Å². The van der Waals surface area contributed by atoms with E-state index in [4.69, 9.17) is 14.3 Å². The third kappa shape index (κ3) is 5.24. The minimum absolute atomic E-state index is 0.0117. The van der Waals surface area contributed by atoms with Crippen LogP contribution in [0, 0.1) is 0 Å². The van der Waals surface area contributed by atoms with Gasteiger partial charge in [-0.2, -0.15) is 0 Å². The van der Waals surface area contributed by atoms with Crippen LogP contribution in [0.3, 0.4) is 0 Å². The Kier molecular flexibility index (Phi) is 7.24. The van der Waals surface area contributed by atoms with Crippen LogP contribution in [0.15, 0.2) is 63.8 Å². The first-order valence-electron chi connectivity index (χ1n) is 11.2. The maximum atomic E-state index is 13.1. The Bertz CT molecular complexity index is 1410. The van der Waals surface area contributed by atoms with Gasteiger partial charge in [0.2, 0.25) is 11.2 Å². The fraction of sp³-hybridized carbons (Fsp3) is 0.222. The monoisotopic (exact) mass is 477 g/mol. The van der Waals surface area contributed by atoms with Crippen molar-refractivity contribution in [3.8, 4) is 34.3 Å². The van der Waals surface area contributed by atoms with Crippen LogP contribution in [-0.4, -0.2) is 40.7 Å². The van der Waals surface area contributed by atoms with E-state index in [1.165, 1.54) is 18.2 Å². The Labute approximate surface area is 201 Å². The van der Waals surface area contributed by atoms with Gasteiger partial charge in [-0.15, -0.1) is 0 Å². The Hall–Kier alpha value is -4.01. The van der Waals surface area contributed by atoms with Crippen molar-refractivity contribution in [3.63, 3.8) is 0 Å². The average molecular weight is 478 g/mol. The maximum absolute atomic E-state index is 13.1. The fourth-order valence-corrected chi connectivity index (χ4v) is 3.96. The zero-order chi connectivity index (χ0) is 24.9. The summed E-state index contributed by atoms with van der Waals surface area (Å²) in [5, 5.41) is 43.4. The zero-order valence-corrected chi connectivity index (χ0v) is 19.2. The zero-order valence-electron chi connectivity index (χ0n) is 19.2. The lowest BCUT2D eigenvalue weighted by molar-refractivity contribution is 0.234. The number of aliphatic hydroxyl groups excluding tert-OH is 1. The SMILES string of the molecule is CNCc1cccc(Cc2cc(-c3oc4cc(O)cc(OCCCO)c4c(=O)c3O)ccc2O)c1. The van der Waals surface area contributed by atoms with E-state index in [0.29, 0.717) is 30.5 Å². The summed E-state index contributed by atoms with van der Waals surface area (Å²) in [7, 11) is 1.87. The van der Waals surface area contributed by atoms with Gasteiger partial charge in [-0.1, -0.05) is 24.3 Å². The molecule has 1 heterocycles. The molecule has 3 aromatic carbocycles. The van der Waals surface area contributed by atoms with Gasteiger partial charge in [0.1, 0.15) is 28.2 Å². The number of phenols is 2. The molecule has 35 heavy (non-hydrogen) atoms. The van der Waals surface area contributed by atoms with Gasteiger partial charge in [-0.05, 0) is 41.9 Å². The van der Waals surface area contributed by atoms with Crippen molar-refractivity contribution in [1.29, 1.82) is 0 Å². The topological polar surface area (TPSA) is 132 Å². The summed E-state index contributed by atoms with van der Waals surface area (Å²) in [6, 6.07) is 15.2. The average Bonchev–Trinajstić information content (AvgIpc) is 2.83. The molecule has 0 aliphatic heterocycles. The van der Waals surface area contributed by atoms with Crippen LogP contribution in [0.5, 0.6) is 23.0 Å². The molecule has 0 fully saturated rings. The van der Waals surface area contributed by atoms with E-state index in [1.54, 1.807) is 12.1 Å². The Balaban J connectivity index is 1.76. The summed E-state index contributed by atoms with van der Waals surface area (Å²) < 4.78 is 11.4. The number of aromatic hydroxyl groups is 3. The molecule has 1 aromatic heterocycles. The highest BCUT2D eigenvalue weighted by Crippen LogP contribution is 2.37. The summed E-state index contributed by atoms with van der Waals surface area (Å²) in [5.74, 6) is -0.740. The Morgan fingerprint density at radius 3 is 2.57 bits per heavy atom. The highest BCUT2D eigenvalue weighted by atomic mass is 16.5. The molecule has 4 rings (SSSR count). The van der Waals surface area contributed by atoms with Crippen molar-refractivity contribution in [2.75, 3.05) is 20.3 Å². The molecule has 0 saturated heterocycles. The lowest BCUT2D eigenvalue weighted by Gasteiger charge is -2.12. The lowest BCUT2D eigenvalue weighted by atomic mass is 9.99. The van der Waals surface area contributed by atoms with Gasteiger partial charge in [-0.3, -0.25) is 4.79 Å². The van der Waals surface area contributed by atoms with Crippen molar-refractivity contribution in [1.82, 2.24) is 5.32 Å². The first-order valence-corrected chi connectivity index (χ1v) is 11.2. The summed E-state index contributed by atoms with van der Waals surface area (Å²) in [6.07, 6.45) is 0.764. The molecule has 4 aromatic rings. The van der Waals surface area contributed by atoms with E-state index < -0.39 is 11.2 Å². The van der Waals surface area contributed by atoms with E-state index in [0.717, 1.165) is 11.1 Å². The maximum Gasteiger partial charge on any atom is 0.238 e. The first-order chi connectivity index (χ1) is 16.9. The van der Waals surface area contributed by atoms with Gasteiger partial charge in [0.15, 0.2) is 5.76 Å². The second-order valence-electron chi connectivity index (χ2n) is 8.22. The van der Waals surface area contributed by atoms with E-state index in [-0.39, 0.29) is 47.2 Å². The van der Waals surface area contributed by atoms with Crippen LogP contribution in [0.4, 0.5) is 0 Å². The third-order valence-electron chi connectivity index (χ3n) is 5.59. The Morgan fingerprint density at radius 2 is 1.80 bits per heavy atom. The number of hydrogen-bond acceptors (Lipinski definition) is 8. The van der Waals surface area contributed by atoms with Gasteiger partial charge >= 0.3 is 0 Å². The summed E-state index contributed by atoms with van der Waals surface area (Å²) in [6.45, 7) is 0.742. The van der Waals surface area contributed by atoms with Gasteiger partial charge in [0.25, 0.3) is 0 Å². The Morgan fingerprint density at radius 1 is 1.00 bits per heavy atom. The normalized spacial score (nSPS) is 11.1. The van der Waals surface area contributed by atoms with E-state index in [1.807, 2.05) is 31.3 Å². The number of ether oxygens (including phenoxy) is 1. The van der Waals surface area contributed by atoms with Crippen molar-refractivity contribution in [2.45, 2.75) is 19.4 Å². The third-order valence-corrected chi connectivity index (χ3v) is 5.59. The molecule has 0 radical (unpaired) electrons. The highest BCUT2D eigenvalue weighted by Gasteiger charge is 2.20. The van der Waals surface area contributed by atoms with Crippen LogP contribution in [-0.2, 0) is 13.0 Å². The van der Waals surface area contributed by atoms with Crippen molar-refractivity contribution in [3.05, 3.63) is 81.5 Å². The number of phenolic OH excluding ortho intramolecular Hbond substituents is 2. The van der Waals surface area contributed by atoms with E-state index in [2.05, 4.69) is 5.32 Å². The first kappa shape index (κ1) is 24.1. The summed E-state index contributed by atoms with van der Waals surface area (Å²) >= 11 is 0. The highest BCUT2D eigenvalue weighted by molar-refractivity contribution is 5.88. The number of hydrogen-bond donors (Lipinski definition) is 5. The van der Waals surface area contributed by atoms with E-state index in [9.17, 15) is 20.1 Å². The molecule has 0 spiro atoms. The molecule has 0 bridgehead atoms. The quantitative estimate of drug-likeness (QED) is 0.231. The molecule has 0 unspecified atom stereocenters. The summed E-state index contributed by atoms with van der Waals surface area (Å²) in [5.41, 5.74) is 2.41. The minimum atomic E-state index is -0.713. The number of aliphatic hydroxyl groups is 1. The molecule has 0 aliphatic carbocycles. The van der Waals surface area contributed by atoms with Crippen LogP contribution < -0.4 is 15.5 Å². The van der Waals surface area contributed by atoms with Gasteiger partial charge in [-0.25, -0.2) is 0 Å².